The van der Waals surface area contributed by atoms with Crippen molar-refractivity contribution in [3.05, 3.63) is 12.7 Å². The molecule has 0 rings (SSSR count). The number of aliphatic carboxylic acids is 1. The summed E-state index contributed by atoms with van der Waals surface area (Å²) >= 11 is 0. The van der Waals surface area contributed by atoms with Gasteiger partial charge in [-0.05, 0) is 7.05 Å². The van der Waals surface area contributed by atoms with Crippen LogP contribution in [0.2, 0.25) is 0 Å². The van der Waals surface area contributed by atoms with Gasteiger partial charge in [-0.1, -0.05) is 6.08 Å². The van der Waals surface area contributed by atoms with Crippen molar-refractivity contribution in [3.63, 3.8) is 0 Å². The van der Waals surface area contributed by atoms with Gasteiger partial charge in [0.15, 0.2) is 0 Å². The van der Waals surface area contributed by atoms with E-state index in [1.54, 1.807) is 13.1 Å². The Morgan fingerprint density at radius 3 is 2.67 bits per heavy atom. The van der Waals surface area contributed by atoms with Crippen molar-refractivity contribution in [1.29, 1.82) is 0 Å². The Bertz CT molecular complexity index is 112. The van der Waals surface area contributed by atoms with Crippen molar-refractivity contribution in [2.24, 2.45) is 0 Å². The molecule has 52 valence electrons. The van der Waals surface area contributed by atoms with E-state index in [1.807, 2.05) is 0 Å². The summed E-state index contributed by atoms with van der Waals surface area (Å²) in [5.41, 5.74) is 0. The summed E-state index contributed by atoms with van der Waals surface area (Å²) in [4.78, 5) is 10.0. The quantitative estimate of drug-likeness (QED) is 0.534. The van der Waals surface area contributed by atoms with E-state index in [4.69, 9.17) is 5.11 Å². The first-order valence-corrected chi connectivity index (χ1v) is 2.72. The Morgan fingerprint density at radius 2 is 2.56 bits per heavy atom. The highest BCUT2D eigenvalue weighted by Gasteiger charge is 2.04. The van der Waals surface area contributed by atoms with Crippen molar-refractivity contribution in [3.8, 4) is 0 Å². The molecule has 0 aliphatic carbocycles. The van der Waals surface area contributed by atoms with Crippen LogP contribution in [0.5, 0.6) is 0 Å². The maximum atomic E-state index is 10.0. The summed E-state index contributed by atoms with van der Waals surface area (Å²) < 4.78 is 0. The van der Waals surface area contributed by atoms with Gasteiger partial charge in [0.05, 0.1) is 6.42 Å². The SMILES string of the molecule is C=CC(CC(=O)O)NC. The lowest BCUT2D eigenvalue weighted by molar-refractivity contribution is -0.137. The van der Waals surface area contributed by atoms with Crippen molar-refractivity contribution < 1.29 is 9.90 Å². The van der Waals surface area contributed by atoms with Crippen molar-refractivity contribution in [2.45, 2.75) is 12.5 Å². The van der Waals surface area contributed by atoms with Crippen LogP contribution < -0.4 is 5.32 Å². The number of carbonyl (C=O) groups is 1. The Balaban J connectivity index is 3.55. The lowest BCUT2D eigenvalue weighted by Gasteiger charge is -2.05. The van der Waals surface area contributed by atoms with Gasteiger partial charge in [0.1, 0.15) is 0 Å². The van der Waals surface area contributed by atoms with Crippen LogP contribution in [0.25, 0.3) is 0 Å². The van der Waals surface area contributed by atoms with E-state index >= 15 is 0 Å². The fourth-order valence-electron chi connectivity index (χ4n) is 0.491. The average molecular weight is 129 g/mol. The monoisotopic (exact) mass is 129 g/mol. The highest BCUT2D eigenvalue weighted by atomic mass is 16.4. The van der Waals surface area contributed by atoms with Gasteiger partial charge in [-0.25, -0.2) is 0 Å². The van der Waals surface area contributed by atoms with Crippen LogP contribution in [0.15, 0.2) is 12.7 Å². The summed E-state index contributed by atoms with van der Waals surface area (Å²) in [6, 6.07) is -0.109. The van der Waals surface area contributed by atoms with Gasteiger partial charge in [0.25, 0.3) is 0 Å². The number of carboxylic acid groups (broad SMARTS) is 1. The van der Waals surface area contributed by atoms with Crippen LogP contribution in [0, 0.1) is 0 Å². The molecule has 1 atom stereocenters. The molecule has 0 amide bonds. The summed E-state index contributed by atoms with van der Waals surface area (Å²) in [6.07, 6.45) is 1.67. The second kappa shape index (κ2) is 4.09. The lowest BCUT2D eigenvalue weighted by atomic mass is 10.2. The maximum Gasteiger partial charge on any atom is 0.305 e. The van der Waals surface area contributed by atoms with Crippen LogP contribution in [0.1, 0.15) is 6.42 Å². The third-order valence-electron chi connectivity index (χ3n) is 1.05. The Morgan fingerprint density at radius 1 is 2.00 bits per heavy atom. The maximum absolute atomic E-state index is 10.0. The van der Waals surface area contributed by atoms with E-state index in [-0.39, 0.29) is 12.5 Å². The summed E-state index contributed by atoms with van der Waals surface area (Å²) in [7, 11) is 1.70. The molecule has 2 N–H and O–H groups in total. The highest BCUT2D eigenvalue weighted by Crippen LogP contribution is 1.90. The van der Waals surface area contributed by atoms with Crippen molar-refractivity contribution >= 4 is 5.97 Å². The molecular formula is C6H11NO2. The van der Waals surface area contributed by atoms with E-state index in [9.17, 15) is 4.79 Å². The Kier molecular flexibility index (Phi) is 3.71. The number of likely N-dealkylation sites (N-methyl/N-ethyl adjacent to an activating group) is 1. The third-order valence-corrected chi connectivity index (χ3v) is 1.05. The lowest BCUT2D eigenvalue weighted by Crippen LogP contribution is -2.25. The van der Waals surface area contributed by atoms with E-state index in [0.717, 1.165) is 0 Å². The molecule has 0 fully saturated rings. The summed E-state index contributed by atoms with van der Waals surface area (Å²) in [5, 5.41) is 11.0. The Hall–Kier alpha value is -0.830. The van der Waals surface area contributed by atoms with E-state index in [0.29, 0.717) is 0 Å². The average Bonchev–Trinajstić information content (AvgIpc) is 1.82. The second-order valence-corrected chi connectivity index (χ2v) is 1.73. The minimum Gasteiger partial charge on any atom is -0.481 e. The first-order chi connectivity index (χ1) is 4.20. The molecule has 0 aromatic rings. The van der Waals surface area contributed by atoms with Crippen molar-refractivity contribution in [1.82, 2.24) is 5.32 Å². The molecule has 0 spiro atoms. The minimum atomic E-state index is -0.811. The van der Waals surface area contributed by atoms with Gasteiger partial charge < -0.3 is 10.4 Å². The van der Waals surface area contributed by atoms with Gasteiger partial charge in [0.2, 0.25) is 0 Å². The standard InChI is InChI=1S/C6H11NO2/c1-3-5(7-2)4-6(8)9/h3,5,7H,1,4H2,2H3,(H,8,9). The fourth-order valence-corrected chi connectivity index (χ4v) is 0.491. The topological polar surface area (TPSA) is 49.3 Å². The van der Waals surface area contributed by atoms with Gasteiger partial charge >= 0.3 is 5.97 Å². The van der Waals surface area contributed by atoms with Gasteiger partial charge in [-0.3, -0.25) is 4.79 Å². The number of carboxylic acids is 1. The molecule has 0 aliphatic heterocycles. The molecule has 0 aliphatic rings. The van der Waals surface area contributed by atoms with Crippen molar-refractivity contribution in [2.75, 3.05) is 7.05 Å². The number of rotatable bonds is 4. The molecule has 0 radical (unpaired) electrons. The first-order valence-electron chi connectivity index (χ1n) is 2.72. The van der Waals surface area contributed by atoms with Gasteiger partial charge in [0, 0.05) is 6.04 Å². The second-order valence-electron chi connectivity index (χ2n) is 1.73. The van der Waals surface area contributed by atoms with Gasteiger partial charge in [-0.15, -0.1) is 6.58 Å². The molecule has 9 heavy (non-hydrogen) atoms. The normalized spacial score (nSPS) is 12.6. The third kappa shape index (κ3) is 3.73. The molecule has 3 heteroatoms. The number of hydrogen-bond donors (Lipinski definition) is 2. The van der Waals surface area contributed by atoms with E-state index in [1.165, 1.54) is 0 Å². The van der Waals surface area contributed by atoms with E-state index in [2.05, 4.69) is 11.9 Å². The Labute approximate surface area is 54.4 Å². The predicted molar refractivity (Wildman–Crippen MR) is 35.3 cm³/mol. The molecule has 0 heterocycles. The number of nitrogens with one attached hydrogen (secondary N) is 1. The first kappa shape index (κ1) is 8.17. The summed E-state index contributed by atoms with van der Waals surface area (Å²) in [5.74, 6) is -0.811. The molecule has 0 saturated heterocycles. The molecule has 0 bridgehead atoms. The predicted octanol–water partition coefficient (Wildman–Crippen LogP) is 0.235. The fraction of sp³-hybridized carbons (Fsp3) is 0.500. The van der Waals surface area contributed by atoms with Crippen LogP contribution in [0.3, 0.4) is 0 Å². The van der Waals surface area contributed by atoms with E-state index < -0.39 is 5.97 Å². The molecular weight excluding hydrogens is 118 g/mol. The smallest absolute Gasteiger partial charge is 0.305 e. The molecule has 1 unspecified atom stereocenters. The highest BCUT2D eigenvalue weighted by molar-refractivity contribution is 5.67. The van der Waals surface area contributed by atoms with Crippen LogP contribution in [-0.4, -0.2) is 24.2 Å². The largest absolute Gasteiger partial charge is 0.481 e. The van der Waals surface area contributed by atoms with Gasteiger partial charge in [-0.2, -0.15) is 0 Å². The molecule has 0 aromatic heterocycles. The minimum absolute atomic E-state index is 0.0972. The van der Waals surface area contributed by atoms with Crippen LogP contribution in [-0.2, 0) is 4.79 Å². The zero-order chi connectivity index (χ0) is 7.28. The summed E-state index contributed by atoms with van der Waals surface area (Å²) in [6.45, 7) is 3.46. The molecule has 0 aromatic carbocycles. The van der Waals surface area contributed by atoms with Crippen LogP contribution in [0.4, 0.5) is 0 Å². The molecule has 3 nitrogen and oxygen atoms in total. The zero-order valence-corrected chi connectivity index (χ0v) is 5.42. The number of hydrogen-bond acceptors (Lipinski definition) is 2. The zero-order valence-electron chi connectivity index (χ0n) is 5.42. The molecule has 0 saturated carbocycles. The van der Waals surface area contributed by atoms with Crippen LogP contribution >= 0.6 is 0 Å².